The average Bonchev–Trinajstić information content (AvgIpc) is 2.80. The fraction of sp³-hybridized carbons (Fsp3) is 0.333. The van der Waals surface area contributed by atoms with E-state index in [2.05, 4.69) is 10.1 Å². The summed E-state index contributed by atoms with van der Waals surface area (Å²) in [5, 5.41) is 12.7. The van der Waals surface area contributed by atoms with Gasteiger partial charge in [0.2, 0.25) is 0 Å². The van der Waals surface area contributed by atoms with Gasteiger partial charge in [0.15, 0.2) is 5.69 Å². The Hall–Kier alpha value is -2.44. The molecule has 100 valence electrons. The largest absolute Gasteiger partial charge is 0.476 e. The maximum Gasteiger partial charge on any atom is 0.356 e. The number of aromatic carboxylic acids is 1. The fourth-order valence-corrected chi connectivity index (χ4v) is 1.75. The third-order valence-corrected chi connectivity index (χ3v) is 2.66. The molecule has 0 aliphatic heterocycles. The molecule has 7 heteroatoms. The van der Waals surface area contributed by atoms with Crippen molar-refractivity contribution in [3.05, 3.63) is 46.4 Å². The van der Waals surface area contributed by atoms with Crippen LogP contribution in [0.5, 0.6) is 0 Å². The van der Waals surface area contributed by atoms with Gasteiger partial charge in [-0.25, -0.2) is 14.5 Å². The number of aromatic nitrogens is 4. The topological polar surface area (TPSA) is 90.0 Å². The van der Waals surface area contributed by atoms with Crippen molar-refractivity contribution < 1.29 is 9.90 Å². The summed E-state index contributed by atoms with van der Waals surface area (Å²) in [6, 6.07) is 2.40. The zero-order valence-electron chi connectivity index (χ0n) is 10.5. The van der Waals surface area contributed by atoms with Crippen molar-refractivity contribution in [2.45, 2.75) is 26.4 Å². The minimum absolute atomic E-state index is 0.152. The van der Waals surface area contributed by atoms with Gasteiger partial charge in [0.05, 0.1) is 24.8 Å². The van der Waals surface area contributed by atoms with Gasteiger partial charge in [0, 0.05) is 12.6 Å². The van der Waals surface area contributed by atoms with E-state index in [4.69, 9.17) is 5.11 Å². The summed E-state index contributed by atoms with van der Waals surface area (Å²) in [6.45, 7) is 3.04. The molecule has 2 aromatic heterocycles. The maximum absolute atomic E-state index is 11.7. The van der Waals surface area contributed by atoms with Gasteiger partial charge in [0.1, 0.15) is 0 Å². The van der Waals surface area contributed by atoms with Crippen LogP contribution in [0.15, 0.2) is 29.5 Å². The SMILES string of the molecule is CCCn1cncc1Cn1nc(C(=O)O)ccc1=O. The Labute approximate surface area is 109 Å². The van der Waals surface area contributed by atoms with Crippen LogP contribution >= 0.6 is 0 Å². The molecule has 2 rings (SSSR count). The van der Waals surface area contributed by atoms with E-state index in [-0.39, 0.29) is 17.8 Å². The number of carbonyl (C=O) groups is 1. The summed E-state index contributed by atoms with van der Waals surface area (Å²) in [5.41, 5.74) is 0.328. The van der Waals surface area contributed by atoms with Crippen molar-refractivity contribution in [3.63, 3.8) is 0 Å². The van der Waals surface area contributed by atoms with Crippen molar-refractivity contribution >= 4 is 5.97 Å². The zero-order chi connectivity index (χ0) is 13.8. The van der Waals surface area contributed by atoms with E-state index < -0.39 is 5.97 Å². The molecule has 0 spiro atoms. The van der Waals surface area contributed by atoms with E-state index in [9.17, 15) is 9.59 Å². The van der Waals surface area contributed by atoms with Crippen molar-refractivity contribution in [3.8, 4) is 0 Å². The molecule has 0 unspecified atom stereocenters. The molecule has 0 saturated carbocycles. The van der Waals surface area contributed by atoms with Crippen LogP contribution in [0.1, 0.15) is 29.5 Å². The number of carboxylic acids is 1. The van der Waals surface area contributed by atoms with Gasteiger partial charge >= 0.3 is 5.97 Å². The van der Waals surface area contributed by atoms with Gasteiger partial charge in [-0.1, -0.05) is 6.92 Å². The van der Waals surface area contributed by atoms with E-state index in [1.807, 2.05) is 11.5 Å². The predicted molar refractivity (Wildman–Crippen MR) is 67.1 cm³/mol. The molecule has 0 fully saturated rings. The molecule has 0 radical (unpaired) electrons. The first-order valence-corrected chi connectivity index (χ1v) is 5.92. The summed E-state index contributed by atoms with van der Waals surface area (Å²) in [6.07, 6.45) is 4.28. The summed E-state index contributed by atoms with van der Waals surface area (Å²) in [5.74, 6) is -1.16. The molecule has 2 aromatic rings. The quantitative estimate of drug-likeness (QED) is 0.852. The Morgan fingerprint density at radius 3 is 2.89 bits per heavy atom. The predicted octanol–water partition coefficient (Wildman–Crippen LogP) is 0.596. The summed E-state index contributed by atoms with van der Waals surface area (Å²) < 4.78 is 3.05. The molecule has 7 nitrogen and oxygen atoms in total. The molecule has 19 heavy (non-hydrogen) atoms. The molecule has 0 amide bonds. The number of carboxylic acid groups (broad SMARTS) is 1. The molecule has 1 N–H and O–H groups in total. The number of nitrogens with zero attached hydrogens (tertiary/aromatic N) is 4. The maximum atomic E-state index is 11.7. The van der Waals surface area contributed by atoms with Crippen LogP contribution in [0.2, 0.25) is 0 Å². The minimum atomic E-state index is -1.16. The Bertz CT molecular complexity index is 644. The number of hydrogen-bond acceptors (Lipinski definition) is 4. The Kier molecular flexibility index (Phi) is 3.74. The van der Waals surface area contributed by atoms with E-state index >= 15 is 0 Å². The number of imidazole rings is 1. The molecule has 0 bridgehead atoms. The normalized spacial score (nSPS) is 10.6. The standard InChI is InChI=1S/C12H14N4O3/c1-2-5-15-8-13-6-9(15)7-16-11(17)4-3-10(14-16)12(18)19/h3-4,6,8H,2,5,7H2,1H3,(H,18,19). The Morgan fingerprint density at radius 1 is 1.42 bits per heavy atom. The third kappa shape index (κ3) is 2.87. The highest BCUT2D eigenvalue weighted by Gasteiger charge is 2.09. The van der Waals surface area contributed by atoms with Crippen molar-refractivity contribution in [2.75, 3.05) is 0 Å². The molecular formula is C12H14N4O3. The van der Waals surface area contributed by atoms with Gasteiger partial charge in [-0.2, -0.15) is 5.10 Å². The number of hydrogen-bond donors (Lipinski definition) is 1. The van der Waals surface area contributed by atoms with Gasteiger partial charge in [-0.15, -0.1) is 0 Å². The van der Waals surface area contributed by atoms with Gasteiger partial charge in [-0.05, 0) is 12.5 Å². The van der Waals surface area contributed by atoms with Crippen LogP contribution < -0.4 is 5.56 Å². The highest BCUT2D eigenvalue weighted by Crippen LogP contribution is 2.02. The molecule has 2 heterocycles. The van der Waals surface area contributed by atoms with Crippen LogP contribution in [-0.2, 0) is 13.1 Å². The lowest BCUT2D eigenvalue weighted by Crippen LogP contribution is -2.25. The monoisotopic (exact) mass is 262 g/mol. The van der Waals surface area contributed by atoms with Crippen molar-refractivity contribution in [1.29, 1.82) is 0 Å². The summed E-state index contributed by atoms with van der Waals surface area (Å²) in [4.78, 5) is 26.5. The lowest BCUT2D eigenvalue weighted by atomic mass is 10.4. The van der Waals surface area contributed by atoms with Gasteiger partial charge < -0.3 is 9.67 Å². The molecule has 0 aliphatic rings. The highest BCUT2D eigenvalue weighted by atomic mass is 16.4. The number of rotatable bonds is 5. The second kappa shape index (κ2) is 5.47. The van der Waals surface area contributed by atoms with Crippen LogP contribution in [-0.4, -0.2) is 30.4 Å². The lowest BCUT2D eigenvalue weighted by molar-refractivity contribution is 0.0687. The smallest absolute Gasteiger partial charge is 0.356 e. The second-order valence-electron chi connectivity index (χ2n) is 4.10. The van der Waals surface area contributed by atoms with E-state index in [0.717, 1.165) is 23.3 Å². The first-order valence-electron chi connectivity index (χ1n) is 5.92. The molecule has 0 aromatic carbocycles. The van der Waals surface area contributed by atoms with E-state index in [1.54, 1.807) is 12.5 Å². The first-order chi connectivity index (χ1) is 9.11. The van der Waals surface area contributed by atoms with Crippen molar-refractivity contribution in [2.24, 2.45) is 0 Å². The van der Waals surface area contributed by atoms with Crippen LogP contribution in [0, 0.1) is 0 Å². The zero-order valence-corrected chi connectivity index (χ0v) is 10.5. The molecule has 0 saturated heterocycles. The Balaban J connectivity index is 2.32. The highest BCUT2D eigenvalue weighted by molar-refractivity contribution is 5.84. The summed E-state index contributed by atoms with van der Waals surface area (Å²) >= 11 is 0. The molecule has 0 aliphatic carbocycles. The lowest BCUT2D eigenvalue weighted by Gasteiger charge is -2.08. The first kappa shape index (κ1) is 13.0. The second-order valence-corrected chi connectivity index (χ2v) is 4.10. The van der Waals surface area contributed by atoms with Gasteiger partial charge in [0.25, 0.3) is 5.56 Å². The van der Waals surface area contributed by atoms with E-state index in [0.29, 0.717) is 0 Å². The third-order valence-electron chi connectivity index (χ3n) is 2.66. The molecular weight excluding hydrogens is 248 g/mol. The van der Waals surface area contributed by atoms with E-state index in [1.165, 1.54) is 12.1 Å². The van der Waals surface area contributed by atoms with Crippen LogP contribution in [0.4, 0.5) is 0 Å². The van der Waals surface area contributed by atoms with Crippen molar-refractivity contribution in [1.82, 2.24) is 19.3 Å². The van der Waals surface area contributed by atoms with Crippen LogP contribution in [0.25, 0.3) is 0 Å². The van der Waals surface area contributed by atoms with Gasteiger partial charge in [-0.3, -0.25) is 4.79 Å². The van der Waals surface area contributed by atoms with Crippen LogP contribution in [0.3, 0.4) is 0 Å². The fourth-order valence-electron chi connectivity index (χ4n) is 1.75. The Morgan fingerprint density at radius 2 is 2.21 bits per heavy atom. The minimum Gasteiger partial charge on any atom is -0.476 e. The number of aryl methyl sites for hydroxylation is 1. The summed E-state index contributed by atoms with van der Waals surface area (Å²) in [7, 11) is 0. The molecule has 0 atom stereocenters. The average molecular weight is 262 g/mol.